The van der Waals surface area contributed by atoms with Gasteiger partial charge in [0.1, 0.15) is 0 Å². The lowest BCUT2D eigenvalue weighted by Crippen LogP contribution is -2.42. The zero-order chi connectivity index (χ0) is 17.3. The average molecular weight is 339 g/mol. The fourth-order valence-electron chi connectivity index (χ4n) is 2.99. The number of carbonyl (C=O) groups excluding carboxylic acids is 1. The van der Waals surface area contributed by atoms with Gasteiger partial charge in [0.25, 0.3) is 0 Å². The monoisotopic (exact) mass is 339 g/mol. The topological polar surface area (TPSA) is 54.5 Å². The van der Waals surface area contributed by atoms with Gasteiger partial charge < -0.3 is 15.0 Å². The van der Waals surface area contributed by atoms with Gasteiger partial charge in [0.15, 0.2) is 0 Å². The Morgan fingerprint density at radius 3 is 2.76 bits per heavy atom. The maximum absolute atomic E-state index is 12.8. The van der Waals surface area contributed by atoms with Gasteiger partial charge >= 0.3 is 0 Å². The van der Waals surface area contributed by atoms with Crippen molar-refractivity contribution in [2.45, 2.75) is 25.5 Å². The predicted octanol–water partition coefficient (Wildman–Crippen LogP) is 2.03. The van der Waals surface area contributed by atoms with Crippen LogP contribution in [-0.4, -0.2) is 48.1 Å². The molecule has 1 aromatic heterocycles. The Kier molecular flexibility index (Phi) is 6.54. The van der Waals surface area contributed by atoms with Crippen molar-refractivity contribution in [1.29, 1.82) is 0 Å². The number of hydrogen-bond acceptors (Lipinski definition) is 4. The second-order valence-electron chi connectivity index (χ2n) is 6.31. The number of amides is 1. The lowest BCUT2D eigenvalue weighted by atomic mass is 10.1. The van der Waals surface area contributed by atoms with Crippen molar-refractivity contribution >= 4 is 5.91 Å². The molecular weight excluding hydrogens is 314 g/mol. The number of carbonyl (C=O) groups is 1. The molecule has 0 radical (unpaired) electrons. The molecule has 1 aliphatic heterocycles. The molecule has 1 saturated heterocycles. The molecule has 1 aromatic carbocycles. The Labute approximate surface area is 149 Å². The number of nitrogens with one attached hydrogen (secondary N) is 1. The van der Waals surface area contributed by atoms with Crippen LogP contribution in [0.3, 0.4) is 0 Å². The maximum atomic E-state index is 12.8. The fourth-order valence-corrected chi connectivity index (χ4v) is 2.99. The summed E-state index contributed by atoms with van der Waals surface area (Å²) in [5.74, 6) is 0.133. The van der Waals surface area contributed by atoms with E-state index in [0.717, 1.165) is 25.1 Å². The summed E-state index contributed by atoms with van der Waals surface area (Å²) in [7, 11) is 0. The lowest BCUT2D eigenvalue weighted by Gasteiger charge is -2.28. The van der Waals surface area contributed by atoms with Crippen LogP contribution in [0.2, 0.25) is 0 Å². The SMILES string of the molecule is O=C(C[C@@H]1CNCCO1)N(CCc1ccccc1)Cc1cccnc1. The van der Waals surface area contributed by atoms with Gasteiger partial charge in [-0.1, -0.05) is 36.4 Å². The van der Waals surface area contributed by atoms with Crippen LogP contribution in [0, 0.1) is 0 Å². The van der Waals surface area contributed by atoms with E-state index in [-0.39, 0.29) is 12.0 Å². The van der Waals surface area contributed by atoms with Gasteiger partial charge in [-0.15, -0.1) is 0 Å². The van der Waals surface area contributed by atoms with E-state index < -0.39 is 0 Å². The summed E-state index contributed by atoms with van der Waals surface area (Å²) in [4.78, 5) is 18.9. The Morgan fingerprint density at radius 1 is 1.20 bits per heavy atom. The molecule has 25 heavy (non-hydrogen) atoms. The van der Waals surface area contributed by atoms with E-state index in [1.54, 1.807) is 6.20 Å². The van der Waals surface area contributed by atoms with Crippen LogP contribution < -0.4 is 5.32 Å². The number of nitrogens with zero attached hydrogens (tertiary/aromatic N) is 2. The average Bonchev–Trinajstić information content (AvgIpc) is 2.67. The molecule has 1 amide bonds. The van der Waals surface area contributed by atoms with Crippen LogP contribution in [0.4, 0.5) is 0 Å². The highest BCUT2D eigenvalue weighted by atomic mass is 16.5. The van der Waals surface area contributed by atoms with Gasteiger partial charge in [-0.25, -0.2) is 0 Å². The molecule has 1 N–H and O–H groups in total. The molecule has 2 heterocycles. The minimum Gasteiger partial charge on any atom is -0.375 e. The Morgan fingerprint density at radius 2 is 2.04 bits per heavy atom. The third kappa shape index (κ3) is 5.66. The number of morpholine rings is 1. The molecule has 0 bridgehead atoms. The highest BCUT2D eigenvalue weighted by Crippen LogP contribution is 2.11. The summed E-state index contributed by atoms with van der Waals surface area (Å²) >= 11 is 0. The summed E-state index contributed by atoms with van der Waals surface area (Å²) in [5, 5.41) is 3.28. The van der Waals surface area contributed by atoms with Crippen molar-refractivity contribution in [3.63, 3.8) is 0 Å². The van der Waals surface area contributed by atoms with Gasteiger partial charge in [0.2, 0.25) is 5.91 Å². The lowest BCUT2D eigenvalue weighted by molar-refractivity contribution is -0.135. The van der Waals surface area contributed by atoms with E-state index in [0.29, 0.717) is 26.1 Å². The summed E-state index contributed by atoms with van der Waals surface area (Å²) in [6.45, 7) is 3.55. The number of pyridine rings is 1. The summed E-state index contributed by atoms with van der Waals surface area (Å²) in [6, 6.07) is 14.2. The number of benzene rings is 1. The van der Waals surface area contributed by atoms with Crippen LogP contribution in [0.1, 0.15) is 17.5 Å². The van der Waals surface area contributed by atoms with Gasteiger partial charge in [0.05, 0.1) is 19.1 Å². The fraction of sp³-hybridized carbons (Fsp3) is 0.400. The molecule has 5 heteroatoms. The smallest absolute Gasteiger partial charge is 0.225 e. The Bertz CT molecular complexity index is 643. The van der Waals surface area contributed by atoms with Crippen molar-refractivity contribution in [1.82, 2.24) is 15.2 Å². The van der Waals surface area contributed by atoms with E-state index in [4.69, 9.17) is 4.74 Å². The van der Waals surface area contributed by atoms with Crippen LogP contribution >= 0.6 is 0 Å². The van der Waals surface area contributed by atoms with E-state index in [9.17, 15) is 4.79 Å². The summed E-state index contributed by atoms with van der Waals surface area (Å²) in [6.07, 6.45) is 4.80. The van der Waals surface area contributed by atoms with Crippen molar-refractivity contribution in [2.75, 3.05) is 26.2 Å². The van der Waals surface area contributed by atoms with Crippen LogP contribution in [-0.2, 0) is 22.5 Å². The van der Waals surface area contributed by atoms with Gasteiger partial charge in [-0.2, -0.15) is 0 Å². The first-order chi connectivity index (χ1) is 12.3. The van der Waals surface area contributed by atoms with E-state index in [1.165, 1.54) is 5.56 Å². The first kappa shape index (κ1) is 17.6. The third-order valence-corrected chi connectivity index (χ3v) is 4.37. The van der Waals surface area contributed by atoms with Crippen LogP contribution in [0.15, 0.2) is 54.9 Å². The number of ether oxygens (including phenoxy) is 1. The zero-order valence-electron chi connectivity index (χ0n) is 14.4. The van der Waals surface area contributed by atoms with E-state index >= 15 is 0 Å². The zero-order valence-corrected chi connectivity index (χ0v) is 14.4. The van der Waals surface area contributed by atoms with Crippen LogP contribution in [0.5, 0.6) is 0 Å². The molecule has 0 unspecified atom stereocenters. The highest BCUT2D eigenvalue weighted by molar-refractivity contribution is 5.76. The van der Waals surface area contributed by atoms with E-state index in [1.807, 2.05) is 41.4 Å². The highest BCUT2D eigenvalue weighted by Gasteiger charge is 2.21. The molecule has 2 aromatic rings. The minimum atomic E-state index is -0.0330. The number of rotatable bonds is 7. The van der Waals surface area contributed by atoms with Gasteiger partial charge in [-0.05, 0) is 23.6 Å². The summed E-state index contributed by atoms with van der Waals surface area (Å²) in [5.41, 5.74) is 2.29. The quantitative estimate of drug-likeness (QED) is 0.839. The van der Waals surface area contributed by atoms with Gasteiger partial charge in [0, 0.05) is 38.6 Å². The molecule has 1 atom stereocenters. The molecule has 1 aliphatic rings. The van der Waals surface area contributed by atoms with Crippen LogP contribution in [0.25, 0.3) is 0 Å². The summed E-state index contributed by atoms with van der Waals surface area (Å²) < 4.78 is 5.69. The molecule has 3 rings (SSSR count). The third-order valence-electron chi connectivity index (χ3n) is 4.37. The standard InChI is InChI=1S/C20H25N3O2/c24-20(13-19-15-22-10-12-25-19)23(16-18-7-4-9-21-14-18)11-8-17-5-2-1-3-6-17/h1-7,9,14,19,22H,8,10-13,15-16H2/t19-/m1/s1. The van der Waals surface area contributed by atoms with Crippen molar-refractivity contribution in [3.8, 4) is 0 Å². The number of aromatic nitrogens is 1. The first-order valence-corrected chi connectivity index (χ1v) is 8.84. The minimum absolute atomic E-state index is 0.0330. The Hall–Kier alpha value is -2.24. The van der Waals surface area contributed by atoms with Crippen molar-refractivity contribution in [3.05, 3.63) is 66.0 Å². The first-order valence-electron chi connectivity index (χ1n) is 8.84. The van der Waals surface area contributed by atoms with Gasteiger partial charge in [-0.3, -0.25) is 9.78 Å². The second kappa shape index (κ2) is 9.30. The molecule has 1 fully saturated rings. The van der Waals surface area contributed by atoms with Crippen molar-refractivity contribution in [2.24, 2.45) is 0 Å². The normalized spacial score (nSPS) is 17.2. The largest absolute Gasteiger partial charge is 0.375 e. The predicted molar refractivity (Wildman–Crippen MR) is 97.0 cm³/mol. The maximum Gasteiger partial charge on any atom is 0.225 e. The molecule has 0 spiro atoms. The van der Waals surface area contributed by atoms with Crippen molar-refractivity contribution < 1.29 is 9.53 Å². The second-order valence-corrected chi connectivity index (χ2v) is 6.31. The Balaban J connectivity index is 1.63. The molecule has 5 nitrogen and oxygen atoms in total. The van der Waals surface area contributed by atoms with E-state index in [2.05, 4.69) is 22.4 Å². The molecular formula is C20H25N3O2. The molecule has 132 valence electrons. The molecule has 0 aliphatic carbocycles. The number of hydrogen-bond donors (Lipinski definition) is 1. The molecule has 0 saturated carbocycles.